The molecule has 0 unspecified atom stereocenters. The number of nitrogens with one attached hydrogen (secondary N) is 1. The fraction of sp³-hybridized carbons (Fsp3) is 0.250. The minimum atomic E-state index is -0.195. The molecule has 0 aliphatic rings. The van der Waals surface area contributed by atoms with Crippen molar-refractivity contribution >= 4 is 17.2 Å². The number of hydrogen-bond donors (Lipinski definition) is 2. The van der Waals surface area contributed by atoms with E-state index < -0.39 is 0 Å². The van der Waals surface area contributed by atoms with E-state index in [1.54, 1.807) is 18.4 Å². The van der Waals surface area contributed by atoms with E-state index in [0.717, 1.165) is 4.88 Å². The topological polar surface area (TPSA) is 94.0 Å². The molecule has 0 aromatic carbocycles. The second-order valence-electron chi connectivity index (χ2n) is 3.62. The van der Waals surface area contributed by atoms with Crippen LogP contribution in [0.15, 0.2) is 16.0 Å². The van der Waals surface area contributed by atoms with Crippen molar-refractivity contribution in [3.05, 3.63) is 33.6 Å². The quantitative estimate of drug-likeness (QED) is 0.804. The van der Waals surface area contributed by atoms with Crippen LogP contribution in [0.25, 0.3) is 0 Å². The zero-order chi connectivity index (χ0) is 13.7. The monoisotopic (exact) mass is 276 g/mol. The van der Waals surface area contributed by atoms with Gasteiger partial charge in [0.05, 0.1) is 23.5 Å². The summed E-state index contributed by atoms with van der Waals surface area (Å²) in [5.41, 5.74) is 5.85. The van der Waals surface area contributed by atoms with Crippen LogP contribution in [0.3, 0.4) is 0 Å². The van der Waals surface area contributed by atoms with Crippen LogP contribution < -0.4 is 11.1 Å². The Morgan fingerprint density at radius 1 is 1.63 bits per heavy atom. The van der Waals surface area contributed by atoms with Gasteiger partial charge in [0.1, 0.15) is 0 Å². The predicted octanol–water partition coefficient (Wildman–Crippen LogP) is 0.680. The van der Waals surface area contributed by atoms with Crippen LogP contribution in [-0.4, -0.2) is 22.6 Å². The molecule has 98 valence electrons. The summed E-state index contributed by atoms with van der Waals surface area (Å²) < 4.78 is 4.81. The highest BCUT2D eigenvalue weighted by molar-refractivity contribution is 7.10. The van der Waals surface area contributed by atoms with Gasteiger partial charge in [0.2, 0.25) is 5.89 Å². The van der Waals surface area contributed by atoms with Gasteiger partial charge < -0.3 is 15.6 Å². The molecule has 0 fully saturated rings. The number of carbonyl (C=O) groups excluding carboxylic acids is 1. The smallest absolute Gasteiger partial charge is 0.252 e. The number of aryl methyl sites for hydroxylation is 1. The Labute approximate surface area is 114 Å². The molecule has 0 bridgehead atoms. The molecule has 6 nitrogen and oxygen atoms in total. The molecule has 2 aromatic heterocycles. The highest BCUT2D eigenvalue weighted by atomic mass is 32.1. The summed E-state index contributed by atoms with van der Waals surface area (Å²) in [7, 11) is 0. The number of amides is 1. The normalized spacial score (nSPS) is 9.79. The molecule has 19 heavy (non-hydrogen) atoms. The molecular formula is C12H12N4O2S. The van der Waals surface area contributed by atoms with Gasteiger partial charge in [-0.2, -0.15) is 4.98 Å². The molecule has 3 N–H and O–H groups in total. The molecule has 2 aromatic rings. The van der Waals surface area contributed by atoms with Gasteiger partial charge >= 0.3 is 0 Å². The third-order valence-corrected chi connectivity index (χ3v) is 3.00. The molecule has 2 heterocycles. The van der Waals surface area contributed by atoms with Crippen LogP contribution in [0.4, 0.5) is 0 Å². The largest absolute Gasteiger partial charge is 0.345 e. The van der Waals surface area contributed by atoms with Crippen LogP contribution in [0.2, 0.25) is 0 Å². The molecule has 0 aliphatic heterocycles. The highest BCUT2D eigenvalue weighted by Crippen LogP contribution is 2.13. The Balaban J connectivity index is 1.94. The van der Waals surface area contributed by atoms with E-state index in [2.05, 4.69) is 27.3 Å². The molecule has 0 spiro atoms. The van der Waals surface area contributed by atoms with Crippen LogP contribution in [0.5, 0.6) is 0 Å². The first-order chi connectivity index (χ1) is 9.19. The second-order valence-corrected chi connectivity index (χ2v) is 4.53. The van der Waals surface area contributed by atoms with E-state index in [1.165, 1.54) is 11.3 Å². The molecule has 0 aliphatic carbocycles. The van der Waals surface area contributed by atoms with E-state index in [1.807, 2.05) is 0 Å². The molecule has 0 saturated heterocycles. The summed E-state index contributed by atoms with van der Waals surface area (Å²) in [5.74, 6) is 6.35. The van der Waals surface area contributed by atoms with Gasteiger partial charge in [-0.15, -0.1) is 11.3 Å². The van der Waals surface area contributed by atoms with Crippen molar-refractivity contribution in [2.45, 2.75) is 13.5 Å². The molecule has 7 heteroatoms. The summed E-state index contributed by atoms with van der Waals surface area (Å²) in [4.78, 5) is 16.7. The number of nitrogens with zero attached hydrogens (tertiary/aromatic N) is 2. The zero-order valence-electron chi connectivity index (χ0n) is 10.3. The van der Waals surface area contributed by atoms with Crippen LogP contribution in [0.1, 0.15) is 27.0 Å². The molecule has 0 atom stereocenters. The molecule has 1 amide bonds. The summed E-state index contributed by atoms with van der Waals surface area (Å²) in [6.45, 7) is 2.23. The minimum absolute atomic E-state index is 0.195. The number of carbonyl (C=O) groups is 1. The first kappa shape index (κ1) is 13.3. The fourth-order valence-electron chi connectivity index (χ4n) is 1.33. The number of hydrogen-bond acceptors (Lipinski definition) is 6. The Morgan fingerprint density at radius 2 is 2.47 bits per heavy atom. The summed E-state index contributed by atoms with van der Waals surface area (Å²) in [5, 5.41) is 8.15. The van der Waals surface area contributed by atoms with Crippen molar-refractivity contribution in [3.63, 3.8) is 0 Å². The van der Waals surface area contributed by atoms with E-state index in [4.69, 9.17) is 10.3 Å². The minimum Gasteiger partial charge on any atom is -0.345 e. The van der Waals surface area contributed by atoms with Gasteiger partial charge in [0.15, 0.2) is 5.82 Å². The maximum absolute atomic E-state index is 11.8. The lowest BCUT2D eigenvalue weighted by molar-refractivity contribution is 0.0950. The maximum atomic E-state index is 11.8. The van der Waals surface area contributed by atoms with E-state index in [-0.39, 0.29) is 12.5 Å². The Hall–Kier alpha value is -2.17. The lowest BCUT2D eigenvalue weighted by atomic mass is 10.3. The highest BCUT2D eigenvalue weighted by Gasteiger charge is 2.09. The van der Waals surface area contributed by atoms with Gasteiger partial charge in [0.25, 0.3) is 5.91 Å². The number of nitrogens with two attached hydrogens (primary N) is 1. The predicted molar refractivity (Wildman–Crippen MR) is 70.5 cm³/mol. The first-order valence-corrected chi connectivity index (χ1v) is 6.42. The summed E-state index contributed by atoms with van der Waals surface area (Å²) in [6.07, 6.45) is 0. The van der Waals surface area contributed by atoms with E-state index >= 15 is 0 Å². The first-order valence-electron chi connectivity index (χ1n) is 5.54. The van der Waals surface area contributed by atoms with E-state index in [0.29, 0.717) is 23.8 Å². The van der Waals surface area contributed by atoms with Gasteiger partial charge in [-0.1, -0.05) is 17.0 Å². The third kappa shape index (κ3) is 3.64. The van der Waals surface area contributed by atoms with Crippen molar-refractivity contribution in [3.8, 4) is 11.8 Å². The average Bonchev–Trinajstić information content (AvgIpc) is 3.02. The third-order valence-electron chi connectivity index (χ3n) is 2.15. The van der Waals surface area contributed by atoms with Gasteiger partial charge in [-0.05, 0) is 6.07 Å². The average molecular weight is 276 g/mol. The van der Waals surface area contributed by atoms with Crippen molar-refractivity contribution in [2.24, 2.45) is 5.73 Å². The SMILES string of the molecule is Cc1nc(CNC(=O)c2csc(C#CCN)c2)no1. The fourth-order valence-corrected chi connectivity index (χ4v) is 2.09. The summed E-state index contributed by atoms with van der Waals surface area (Å²) >= 11 is 1.40. The number of rotatable bonds is 3. The number of thiophene rings is 1. The molecule has 2 rings (SSSR count). The zero-order valence-corrected chi connectivity index (χ0v) is 11.1. The van der Waals surface area contributed by atoms with Crippen molar-refractivity contribution in [1.82, 2.24) is 15.5 Å². The second kappa shape index (κ2) is 6.13. The van der Waals surface area contributed by atoms with Crippen LogP contribution in [-0.2, 0) is 6.54 Å². The van der Waals surface area contributed by atoms with Gasteiger partial charge in [-0.3, -0.25) is 4.79 Å². The van der Waals surface area contributed by atoms with Gasteiger partial charge in [-0.25, -0.2) is 0 Å². The lowest BCUT2D eigenvalue weighted by Gasteiger charge is -1.98. The molecule has 0 radical (unpaired) electrons. The van der Waals surface area contributed by atoms with Crippen molar-refractivity contribution < 1.29 is 9.32 Å². The van der Waals surface area contributed by atoms with Crippen molar-refractivity contribution in [2.75, 3.05) is 6.54 Å². The Kier molecular flexibility index (Phi) is 4.28. The summed E-state index contributed by atoms with van der Waals surface area (Å²) in [6, 6.07) is 1.73. The van der Waals surface area contributed by atoms with Crippen molar-refractivity contribution in [1.29, 1.82) is 0 Å². The van der Waals surface area contributed by atoms with Crippen LogP contribution in [0, 0.1) is 18.8 Å². The maximum Gasteiger partial charge on any atom is 0.252 e. The lowest BCUT2D eigenvalue weighted by Crippen LogP contribution is -2.22. The number of aromatic nitrogens is 2. The molecule has 0 saturated carbocycles. The Bertz CT molecular complexity index is 635. The van der Waals surface area contributed by atoms with E-state index in [9.17, 15) is 4.79 Å². The standard InChI is InChI=1S/C12H12N4O2S/c1-8-15-11(16-18-8)6-14-12(17)9-5-10(19-7-9)3-2-4-13/h5,7H,4,6,13H2,1H3,(H,14,17). The van der Waals surface area contributed by atoms with Crippen LogP contribution >= 0.6 is 11.3 Å². The van der Waals surface area contributed by atoms with Gasteiger partial charge in [0, 0.05) is 12.3 Å². The molecular weight excluding hydrogens is 264 g/mol. The Morgan fingerprint density at radius 3 is 3.16 bits per heavy atom.